The fourth-order valence-electron chi connectivity index (χ4n) is 3.67. The molecule has 0 bridgehead atoms. The monoisotopic (exact) mass is 437 g/mol. The number of carbonyl (C=O) groups excluding carboxylic acids is 2. The summed E-state index contributed by atoms with van der Waals surface area (Å²) < 4.78 is 11.0. The van der Waals surface area contributed by atoms with E-state index in [2.05, 4.69) is 15.5 Å². The molecule has 170 valence electrons. The molecule has 2 N–H and O–H groups in total. The molecule has 3 rings (SSSR count). The zero-order valence-electron chi connectivity index (χ0n) is 18.7. The number of para-hydroxylation sites is 1. The van der Waals surface area contributed by atoms with Crippen molar-refractivity contribution in [2.45, 2.75) is 25.8 Å². The molecule has 0 saturated carbocycles. The summed E-state index contributed by atoms with van der Waals surface area (Å²) in [5.74, 6) is 0.942. The lowest BCUT2D eigenvalue weighted by atomic mass is 10.1. The summed E-state index contributed by atoms with van der Waals surface area (Å²) in [5, 5.41) is 5.93. The van der Waals surface area contributed by atoms with Gasteiger partial charge in [-0.25, -0.2) is 0 Å². The first-order valence-electron chi connectivity index (χ1n) is 10.9. The fourth-order valence-corrected chi connectivity index (χ4v) is 3.67. The first kappa shape index (κ1) is 23.3. The standard InChI is InChI=1S/C25H31N3O4/c1-3-7-19-10-11-22(23(16-19)31-2)32-18-25(30)27-21-12-14-28(15-13-21)17-24(29)26-20-8-5-4-6-9-20/h3-11,16,21H,12-15,17-18H2,1-2H3,(H,26,29)(H,27,30)/b7-3+. The molecule has 0 aliphatic carbocycles. The minimum atomic E-state index is -0.162. The second-order valence-corrected chi connectivity index (χ2v) is 7.73. The van der Waals surface area contributed by atoms with Crippen LogP contribution in [0.4, 0.5) is 5.69 Å². The number of likely N-dealkylation sites (tertiary alicyclic amines) is 1. The highest BCUT2D eigenvalue weighted by Crippen LogP contribution is 2.28. The molecule has 0 atom stereocenters. The third-order valence-corrected chi connectivity index (χ3v) is 5.28. The van der Waals surface area contributed by atoms with Gasteiger partial charge in [0.05, 0.1) is 13.7 Å². The molecule has 0 unspecified atom stereocenters. The average Bonchev–Trinajstić information content (AvgIpc) is 2.80. The van der Waals surface area contributed by atoms with Crippen molar-refractivity contribution in [1.29, 1.82) is 0 Å². The van der Waals surface area contributed by atoms with E-state index in [4.69, 9.17) is 9.47 Å². The molecule has 1 fully saturated rings. The fraction of sp³-hybridized carbons (Fsp3) is 0.360. The van der Waals surface area contributed by atoms with Crippen LogP contribution < -0.4 is 20.1 Å². The van der Waals surface area contributed by atoms with Gasteiger partial charge in [-0.1, -0.05) is 36.4 Å². The van der Waals surface area contributed by atoms with Gasteiger partial charge in [-0.05, 0) is 49.6 Å². The highest BCUT2D eigenvalue weighted by molar-refractivity contribution is 5.92. The molecule has 7 nitrogen and oxygen atoms in total. The second-order valence-electron chi connectivity index (χ2n) is 7.73. The number of anilines is 1. The molecule has 32 heavy (non-hydrogen) atoms. The molecule has 7 heteroatoms. The summed E-state index contributed by atoms with van der Waals surface area (Å²) in [5.41, 5.74) is 1.80. The van der Waals surface area contributed by atoms with Gasteiger partial charge in [-0.2, -0.15) is 0 Å². The Morgan fingerprint density at radius 1 is 1.06 bits per heavy atom. The van der Waals surface area contributed by atoms with Crippen LogP contribution in [0.15, 0.2) is 54.6 Å². The Kier molecular flexibility index (Phi) is 8.69. The van der Waals surface area contributed by atoms with Crippen LogP contribution in [0.5, 0.6) is 11.5 Å². The Bertz CT molecular complexity index is 922. The van der Waals surface area contributed by atoms with E-state index in [1.54, 1.807) is 13.2 Å². The molecule has 0 aromatic heterocycles. The molecule has 0 spiro atoms. The van der Waals surface area contributed by atoms with Crippen molar-refractivity contribution in [2.75, 3.05) is 38.7 Å². The Morgan fingerprint density at radius 3 is 2.50 bits per heavy atom. The minimum absolute atomic E-state index is 0.0264. The summed E-state index contributed by atoms with van der Waals surface area (Å²) in [7, 11) is 1.58. The third-order valence-electron chi connectivity index (χ3n) is 5.28. The lowest BCUT2D eigenvalue weighted by Gasteiger charge is -2.31. The Hall–Kier alpha value is -3.32. The number of piperidine rings is 1. The number of hydrogen-bond acceptors (Lipinski definition) is 5. The predicted molar refractivity (Wildman–Crippen MR) is 126 cm³/mol. The number of nitrogens with zero attached hydrogens (tertiary/aromatic N) is 1. The van der Waals surface area contributed by atoms with Gasteiger partial charge in [-0.3, -0.25) is 14.5 Å². The summed E-state index contributed by atoms with van der Waals surface area (Å²) in [6.07, 6.45) is 5.51. The number of carbonyl (C=O) groups is 2. The molecule has 1 saturated heterocycles. The van der Waals surface area contributed by atoms with Crippen molar-refractivity contribution >= 4 is 23.6 Å². The number of allylic oxidation sites excluding steroid dienone is 1. The van der Waals surface area contributed by atoms with Crippen molar-refractivity contribution in [1.82, 2.24) is 10.2 Å². The molecule has 2 aromatic carbocycles. The van der Waals surface area contributed by atoms with Gasteiger partial charge >= 0.3 is 0 Å². The van der Waals surface area contributed by atoms with E-state index in [1.807, 2.05) is 61.5 Å². The summed E-state index contributed by atoms with van der Waals surface area (Å²) >= 11 is 0. The van der Waals surface area contributed by atoms with Gasteiger partial charge in [0, 0.05) is 24.8 Å². The van der Waals surface area contributed by atoms with E-state index in [0.29, 0.717) is 18.0 Å². The molecule has 0 radical (unpaired) electrons. The SMILES string of the molecule is C/C=C/c1ccc(OCC(=O)NC2CCN(CC(=O)Nc3ccccc3)CC2)c(OC)c1. The molecule has 1 aliphatic rings. The quantitative estimate of drug-likeness (QED) is 0.629. The van der Waals surface area contributed by atoms with E-state index in [9.17, 15) is 9.59 Å². The summed E-state index contributed by atoms with van der Waals surface area (Å²) in [4.78, 5) is 26.7. The predicted octanol–water partition coefficient (Wildman–Crippen LogP) is 3.33. The molecule has 2 amide bonds. The van der Waals surface area contributed by atoms with Crippen LogP contribution in [-0.2, 0) is 9.59 Å². The van der Waals surface area contributed by atoms with E-state index in [-0.39, 0.29) is 24.5 Å². The maximum Gasteiger partial charge on any atom is 0.258 e. The van der Waals surface area contributed by atoms with Crippen LogP contribution in [0.3, 0.4) is 0 Å². The third kappa shape index (κ3) is 7.13. The van der Waals surface area contributed by atoms with Crippen LogP contribution >= 0.6 is 0 Å². The van der Waals surface area contributed by atoms with Crippen molar-refractivity contribution in [3.05, 3.63) is 60.2 Å². The van der Waals surface area contributed by atoms with Crippen LogP contribution in [-0.4, -0.2) is 56.1 Å². The van der Waals surface area contributed by atoms with E-state index in [0.717, 1.165) is 37.2 Å². The zero-order valence-corrected chi connectivity index (χ0v) is 18.7. The lowest BCUT2D eigenvalue weighted by Crippen LogP contribution is -2.47. The minimum Gasteiger partial charge on any atom is -0.493 e. The van der Waals surface area contributed by atoms with Gasteiger partial charge in [0.15, 0.2) is 18.1 Å². The number of benzene rings is 2. The number of ether oxygens (including phenoxy) is 2. The van der Waals surface area contributed by atoms with Crippen LogP contribution in [0, 0.1) is 0 Å². The van der Waals surface area contributed by atoms with E-state index >= 15 is 0 Å². The number of nitrogens with one attached hydrogen (secondary N) is 2. The summed E-state index contributed by atoms with van der Waals surface area (Å²) in [6, 6.07) is 15.1. The van der Waals surface area contributed by atoms with Crippen LogP contribution in [0.25, 0.3) is 6.08 Å². The van der Waals surface area contributed by atoms with Crippen molar-refractivity contribution in [3.63, 3.8) is 0 Å². The lowest BCUT2D eigenvalue weighted by molar-refractivity contribution is -0.124. The van der Waals surface area contributed by atoms with Crippen molar-refractivity contribution in [3.8, 4) is 11.5 Å². The first-order chi connectivity index (χ1) is 15.6. The van der Waals surface area contributed by atoms with Crippen LogP contribution in [0.1, 0.15) is 25.3 Å². The molecule has 1 heterocycles. The molecule has 2 aromatic rings. The van der Waals surface area contributed by atoms with E-state index < -0.39 is 0 Å². The molecular weight excluding hydrogens is 406 g/mol. The summed E-state index contributed by atoms with van der Waals surface area (Å²) in [6.45, 7) is 3.74. The number of rotatable bonds is 9. The van der Waals surface area contributed by atoms with Crippen molar-refractivity contribution in [2.24, 2.45) is 0 Å². The number of methoxy groups -OCH3 is 1. The van der Waals surface area contributed by atoms with Gasteiger partial charge < -0.3 is 20.1 Å². The Labute approximate surface area is 189 Å². The highest BCUT2D eigenvalue weighted by atomic mass is 16.5. The normalized spacial score (nSPS) is 14.8. The highest BCUT2D eigenvalue weighted by Gasteiger charge is 2.22. The Balaban J connectivity index is 1.38. The van der Waals surface area contributed by atoms with Gasteiger partial charge in [0.1, 0.15) is 0 Å². The maximum atomic E-state index is 12.4. The molecular formula is C25H31N3O4. The zero-order chi connectivity index (χ0) is 22.8. The average molecular weight is 438 g/mol. The van der Waals surface area contributed by atoms with Crippen molar-refractivity contribution < 1.29 is 19.1 Å². The topological polar surface area (TPSA) is 79.9 Å². The van der Waals surface area contributed by atoms with Crippen LogP contribution in [0.2, 0.25) is 0 Å². The maximum absolute atomic E-state index is 12.4. The largest absolute Gasteiger partial charge is 0.493 e. The first-order valence-corrected chi connectivity index (χ1v) is 10.9. The number of hydrogen-bond donors (Lipinski definition) is 2. The molecule has 1 aliphatic heterocycles. The second kappa shape index (κ2) is 11.9. The smallest absolute Gasteiger partial charge is 0.258 e. The van der Waals surface area contributed by atoms with E-state index in [1.165, 1.54) is 0 Å². The Morgan fingerprint density at radius 2 is 1.81 bits per heavy atom. The van der Waals surface area contributed by atoms with Gasteiger partial charge in [-0.15, -0.1) is 0 Å². The van der Waals surface area contributed by atoms with Gasteiger partial charge in [0.25, 0.3) is 5.91 Å². The number of amides is 2. The van der Waals surface area contributed by atoms with Gasteiger partial charge in [0.2, 0.25) is 5.91 Å².